The van der Waals surface area contributed by atoms with E-state index in [1.54, 1.807) is 0 Å². The average molecular weight is 815 g/mol. The Morgan fingerprint density at radius 2 is 0.672 bits per heavy atom. The Balaban J connectivity index is 1.04. The third-order valence-electron chi connectivity index (χ3n) is 12.4. The van der Waals surface area contributed by atoms with Crippen molar-refractivity contribution in [3.05, 3.63) is 231 Å². The maximum Gasteiger partial charge on any atom is 0.0780 e. The zero-order valence-electron chi connectivity index (χ0n) is 34.7. The first-order valence-electron chi connectivity index (χ1n) is 21.6. The number of rotatable bonds is 7. The Bertz CT molecular complexity index is 3550. The molecular formula is C60H38N4. The van der Waals surface area contributed by atoms with E-state index < -0.39 is 0 Å². The molecule has 4 aromatic heterocycles. The Labute approximate surface area is 370 Å². The van der Waals surface area contributed by atoms with Gasteiger partial charge in [-0.1, -0.05) is 140 Å². The molecule has 298 valence electrons. The maximum atomic E-state index is 5.02. The van der Waals surface area contributed by atoms with Gasteiger partial charge in [-0.2, -0.15) is 0 Å². The van der Waals surface area contributed by atoms with Gasteiger partial charge in [-0.05, 0) is 133 Å². The Hall–Kier alpha value is -8.60. The van der Waals surface area contributed by atoms with E-state index >= 15 is 0 Å². The number of aromatic nitrogens is 4. The number of hydrogen-bond donors (Lipinski definition) is 0. The predicted octanol–water partition coefficient (Wildman–Crippen LogP) is 15.5. The number of pyridine rings is 4. The van der Waals surface area contributed by atoms with Gasteiger partial charge in [0.05, 0.1) is 22.4 Å². The lowest BCUT2D eigenvalue weighted by atomic mass is 9.86. The highest BCUT2D eigenvalue weighted by atomic mass is 14.7. The Morgan fingerprint density at radius 3 is 1.16 bits per heavy atom. The summed E-state index contributed by atoms with van der Waals surface area (Å²) in [5, 5.41) is 6.91. The minimum absolute atomic E-state index is 0.900. The van der Waals surface area contributed by atoms with E-state index in [1.807, 2.05) is 55.1 Å². The van der Waals surface area contributed by atoms with Crippen molar-refractivity contribution in [2.75, 3.05) is 0 Å². The van der Waals surface area contributed by atoms with Crippen molar-refractivity contribution >= 4 is 43.4 Å². The second-order valence-electron chi connectivity index (χ2n) is 16.2. The summed E-state index contributed by atoms with van der Waals surface area (Å²) in [6, 6.07) is 73.9. The van der Waals surface area contributed by atoms with Crippen molar-refractivity contribution < 1.29 is 0 Å². The van der Waals surface area contributed by atoms with E-state index in [1.165, 1.54) is 0 Å². The quantitative estimate of drug-likeness (QED) is 0.150. The van der Waals surface area contributed by atoms with Gasteiger partial charge >= 0.3 is 0 Å². The third-order valence-corrected chi connectivity index (χ3v) is 12.4. The first-order chi connectivity index (χ1) is 31.7. The van der Waals surface area contributed by atoms with Crippen LogP contribution >= 0.6 is 0 Å². The molecule has 8 aromatic carbocycles. The van der Waals surface area contributed by atoms with Gasteiger partial charge in [0.1, 0.15) is 0 Å². The fraction of sp³-hybridized carbons (Fsp3) is 0. The van der Waals surface area contributed by atoms with Crippen LogP contribution in [0.4, 0.5) is 0 Å². The van der Waals surface area contributed by atoms with E-state index in [4.69, 9.17) is 15.0 Å². The molecule has 12 aromatic rings. The summed E-state index contributed by atoms with van der Waals surface area (Å²) in [7, 11) is 0. The van der Waals surface area contributed by atoms with E-state index in [9.17, 15) is 0 Å². The van der Waals surface area contributed by atoms with Gasteiger partial charge in [-0.15, -0.1) is 0 Å². The predicted molar refractivity (Wildman–Crippen MR) is 266 cm³/mol. The third kappa shape index (κ3) is 6.66. The number of nitrogens with zero attached hydrogens (tertiary/aromatic N) is 4. The Kier molecular flexibility index (Phi) is 9.12. The molecule has 12 rings (SSSR count). The first kappa shape index (κ1) is 37.2. The van der Waals surface area contributed by atoms with Crippen LogP contribution in [0.3, 0.4) is 0 Å². The molecule has 0 fully saturated rings. The van der Waals surface area contributed by atoms with Gasteiger partial charge in [-0.25, -0.2) is 0 Å². The molecular weight excluding hydrogens is 777 g/mol. The molecule has 0 spiro atoms. The Morgan fingerprint density at radius 1 is 0.234 bits per heavy atom. The lowest BCUT2D eigenvalue weighted by Gasteiger charge is -2.18. The molecule has 0 bridgehead atoms. The molecule has 0 N–H and O–H groups in total. The molecule has 0 unspecified atom stereocenters. The molecule has 0 amide bonds. The minimum Gasteiger partial charge on any atom is -0.256 e. The molecule has 4 heterocycles. The lowest BCUT2D eigenvalue weighted by molar-refractivity contribution is 1.28. The van der Waals surface area contributed by atoms with E-state index in [-0.39, 0.29) is 0 Å². The second kappa shape index (κ2) is 15.7. The average Bonchev–Trinajstić information content (AvgIpc) is 3.38. The first-order valence-corrected chi connectivity index (χ1v) is 21.6. The van der Waals surface area contributed by atoms with Crippen LogP contribution in [0.1, 0.15) is 0 Å². The van der Waals surface area contributed by atoms with Crippen LogP contribution in [0.2, 0.25) is 0 Å². The topological polar surface area (TPSA) is 51.6 Å². The number of hydrogen-bond acceptors (Lipinski definition) is 4. The van der Waals surface area contributed by atoms with Crippen LogP contribution in [0.25, 0.3) is 122 Å². The summed E-state index contributed by atoms with van der Waals surface area (Å²) in [6.07, 6.45) is 7.49. The lowest BCUT2D eigenvalue weighted by Crippen LogP contribution is -1.93. The summed E-state index contributed by atoms with van der Waals surface area (Å²) >= 11 is 0. The highest BCUT2D eigenvalue weighted by molar-refractivity contribution is 6.08. The summed E-state index contributed by atoms with van der Waals surface area (Å²) in [6.45, 7) is 0. The molecule has 0 aliphatic heterocycles. The minimum atomic E-state index is 0.900. The van der Waals surface area contributed by atoms with Gasteiger partial charge in [0.2, 0.25) is 0 Å². The van der Waals surface area contributed by atoms with Gasteiger partial charge < -0.3 is 0 Å². The van der Waals surface area contributed by atoms with Crippen molar-refractivity contribution in [3.8, 4) is 78.1 Å². The van der Waals surface area contributed by atoms with Crippen LogP contribution in [0.15, 0.2) is 231 Å². The van der Waals surface area contributed by atoms with Crippen LogP contribution < -0.4 is 0 Å². The fourth-order valence-electron chi connectivity index (χ4n) is 9.34. The van der Waals surface area contributed by atoms with Crippen LogP contribution in [0.5, 0.6) is 0 Å². The highest BCUT2D eigenvalue weighted by Crippen LogP contribution is 2.43. The zero-order chi connectivity index (χ0) is 42.4. The molecule has 4 heteroatoms. The maximum absolute atomic E-state index is 5.02. The standard InChI is InChI=1S/C60H38N4/c1-3-15-51(49(13-1)41-24-27-54-43(33-41)22-20-39-11-9-31-62-59(39)54)46-35-47(52-16-4-2-14-50(52)42-25-28-55-44(34-42)23-21-40-12-10-32-63-60(40)55)37-48(36-46)53-17-5-6-18-56(53)58-29-26-45(38-64-58)57-19-7-8-30-61-57/h1-38H. The summed E-state index contributed by atoms with van der Waals surface area (Å²) in [4.78, 5) is 19.1. The molecule has 0 aliphatic carbocycles. The molecule has 4 nitrogen and oxygen atoms in total. The molecule has 0 aliphatic rings. The van der Waals surface area contributed by atoms with Crippen molar-refractivity contribution in [1.29, 1.82) is 0 Å². The van der Waals surface area contributed by atoms with Gasteiger partial charge in [0.25, 0.3) is 0 Å². The summed E-state index contributed by atoms with van der Waals surface area (Å²) in [5.74, 6) is 0. The highest BCUT2D eigenvalue weighted by Gasteiger charge is 2.17. The van der Waals surface area contributed by atoms with Crippen molar-refractivity contribution in [2.24, 2.45) is 0 Å². The normalized spacial score (nSPS) is 11.4. The largest absolute Gasteiger partial charge is 0.256 e. The second-order valence-corrected chi connectivity index (χ2v) is 16.2. The van der Waals surface area contributed by atoms with Crippen LogP contribution in [-0.4, -0.2) is 19.9 Å². The van der Waals surface area contributed by atoms with Crippen LogP contribution in [-0.2, 0) is 0 Å². The van der Waals surface area contributed by atoms with Crippen molar-refractivity contribution in [3.63, 3.8) is 0 Å². The molecule has 0 saturated carbocycles. The molecule has 64 heavy (non-hydrogen) atoms. The van der Waals surface area contributed by atoms with E-state index in [0.29, 0.717) is 0 Å². The van der Waals surface area contributed by atoms with E-state index in [2.05, 4.69) is 181 Å². The van der Waals surface area contributed by atoms with Gasteiger partial charge in [0.15, 0.2) is 0 Å². The van der Waals surface area contributed by atoms with Crippen LogP contribution in [0, 0.1) is 0 Å². The van der Waals surface area contributed by atoms with Gasteiger partial charge in [0, 0.05) is 57.5 Å². The van der Waals surface area contributed by atoms with E-state index in [0.717, 1.165) is 122 Å². The van der Waals surface area contributed by atoms with Gasteiger partial charge in [-0.3, -0.25) is 19.9 Å². The zero-order valence-corrected chi connectivity index (χ0v) is 34.7. The molecule has 0 radical (unpaired) electrons. The SMILES string of the molecule is c1ccc(-c2ccc(-c3ccccc3-c3cc(-c4ccccc4-c4ccc5c(ccc6cccnc65)c4)cc(-c4ccccc4-c4ccc5c(ccc6cccnc65)c4)c3)nc2)nc1. The summed E-state index contributed by atoms with van der Waals surface area (Å²) in [5.41, 5.74) is 17.3. The smallest absolute Gasteiger partial charge is 0.0780 e. The number of fused-ring (bicyclic) bond motifs is 6. The number of benzene rings is 8. The monoisotopic (exact) mass is 814 g/mol. The van der Waals surface area contributed by atoms with Crippen molar-refractivity contribution in [1.82, 2.24) is 19.9 Å². The fourth-order valence-corrected chi connectivity index (χ4v) is 9.34. The molecule has 0 atom stereocenters. The van der Waals surface area contributed by atoms with Crippen molar-refractivity contribution in [2.45, 2.75) is 0 Å². The molecule has 0 saturated heterocycles. The summed E-state index contributed by atoms with van der Waals surface area (Å²) < 4.78 is 0.